The molecule has 2 aliphatic rings. The van der Waals surface area contributed by atoms with Crippen molar-refractivity contribution >= 4 is 44.5 Å². The molecule has 0 unspecified atom stereocenters. The van der Waals surface area contributed by atoms with Gasteiger partial charge in [0.1, 0.15) is 23.8 Å². The van der Waals surface area contributed by atoms with E-state index in [2.05, 4.69) is 21.2 Å². The lowest BCUT2D eigenvalue weighted by Crippen LogP contribution is -2.72. The van der Waals surface area contributed by atoms with E-state index in [-0.39, 0.29) is 53.8 Å². The van der Waals surface area contributed by atoms with E-state index < -0.39 is 29.9 Å². The minimum atomic E-state index is -0.759. The molecule has 7 nitrogen and oxygen atoms in total. The fourth-order valence-electron chi connectivity index (χ4n) is 5.68. The summed E-state index contributed by atoms with van der Waals surface area (Å²) in [6.45, 7) is 4.52. The van der Waals surface area contributed by atoms with Crippen molar-refractivity contribution in [3.8, 4) is 0 Å². The molecule has 0 aromatic heterocycles. The third kappa shape index (κ3) is 5.29. The van der Waals surface area contributed by atoms with Crippen LogP contribution in [0.1, 0.15) is 37.8 Å². The van der Waals surface area contributed by atoms with E-state index in [9.17, 15) is 23.2 Å². The molecule has 5 rings (SSSR count). The third-order valence-electron chi connectivity index (χ3n) is 7.96. The molecule has 0 saturated carbocycles. The second kappa shape index (κ2) is 11.5. The molecule has 0 aliphatic carbocycles. The summed E-state index contributed by atoms with van der Waals surface area (Å²) < 4.78 is 27.7. The van der Waals surface area contributed by atoms with Gasteiger partial charge in [-0.15, -0.1) is 0 Å². The number of fused-ring (bicyclic) bond motifs is 2. The van der Waals surface area contributed by atoms with Crippen molar-refractivity contribution in [2.45, 2.75) is 52.0 Å². The SMILES string of the molecule is CC[C@H](C)[C@H]1C(=O)N(Cc2cccc3ccccc23)C[C@@H]2N(C(=O)NCc3cc(F)c(Br)c(F)c3)CCC(=O)N12. The smallest absolute Gasteiger partial charge is 0.319 e. The first-order chi connectivity index (χ1) is 19.2. The summed E-state index contributed by atoms with van der Waals surface area (Å²) in [5.74, 6) is -1.92. The molecule has 210 valence electrons. The molecule has 2 fully saturated rings. The lowest BCUT2D eigenvalue weighted by molar-refractivity contribution is -0.170. The maximum atomic E-state index is 14.0. The topological polar surface area (TPSA) is 73.0 Å². The maximum Gasteiger partial charge on any atom is 0.319 e. The molecule has 40 heavy (non-hydrogen) atoms. The van der Waals surface area contributed by atoms with Gasteiger partial charge in [0, 0.05) is 26.1 Å². The lowest BCUT2D eigenvalue weighted by Gasteiger charge is -2.53. The van der Waals surface area contributed by atoms with Crippen molar-refractivity contribution in [1.82, 2.24) is 20.0 Å². The summed E-state index contributed by atoms with van der Waals surface area (Å²) in [6, 6.07) is 15.1. The number of nitrogens with one attached hydrogen (secondary N) is 1. The van der Waals surface area contributed by atoms with Crippen molar-refractivity contribution < 1.29 is 23.2 Å². The third-order valence-corrected chi connectivity index (χ3v) is 8.71. The van der Waals surface area contributed by atoms with Crippen LogP contribution >= 0.6 is 15.9 Å². The van der Waals surface area contributed by atoms with Crippen LogP contribution < -0.4 is 5.32 Å². The monoisotopic (exact) mass is 612 g/mol. The van der Waals surface area contributed by atoms with Gasteiger partial charge in [0.2, 0.25) is 11.8 Å². The highest BCUT2D eigenvalue weighted by molar-refractivity contribution is 9.10. The Labute approximate surface area is 240 Å². The number of nitrogens with zero attached hydrogens (tertiary/aromatic N) is 3. The van der Waals surface area contributed by atoms with Crippen LogP contribution in [0.2, 0.25) is 0 Å². The highest BCUT2D eigenvalue weighted by Crippen LogP contribution is 2.32. The van der Waals surface area contributed by atoms with Gasteiger partial charge in [-0.05, 0) is 55.9 Å². The zero-order chi connectivity index (χ0) is 28.6. The zero-order valence-electron chi connectivity index (χ0n) is 22.4. The molecule has 4 amide bonds. The highest BCUT2D eigenvalue weighted by Gasteiger charge is 2.50. The fraction of sp³-hybridized carbons (Fsp3) is 0.367. The number of benzene rings is 3. The summed E-state index contributed by atoms with van der Waals surface area (Å²) >= 11 is 2.85. The first-order valence-corrected chi connectivity index (χ1v) is 14.2. The molecule has 2 heterocycles. The maximum absolute atomic E-state index is 14.0. The van der Waals surface area contributed by atoms with E-state index in [4.69, 9.17) is 0 Å². The van der Waals surface area contributed by atoms with Crippen LogP contribution in [0.15, 0.2) is 59.1 Å². The molecule has 10 heteroatoms. The predicted octanol–water partition coefficient (Wildman–Crippen LogP) is 5.41. The number of hydrogen-bond acceptors (Lipinski definition) is 3. The van der Waals surface area contributed by atoms with Crippen LogP contribution in [-0.4, -0.2) is 57.8 Å². The number of amides is 4. The van der Waals surface area contributed by atoms with E-state index >= 15 is 0 Å². The van der Waals surface area contributed by atoms with E-state index in [1.165, 1.54) is 0 Å². The number of rotatable bonds is 6. The van der Waals surface area contributed by atoms with E-state index in [1.54, 1.807) is 14.7 Å². The van der Waals surface area contributed by atoms with Crippen LogP contribution in [0.5, 0.6) is 0 Å². The van der Waals surface area contributed by atoms with Gasteiger partial charge < -0.3 is 20.0 Å². The average molecular weight is 614 g/mol. The largest absolute Gasteiger partial charge is 0.334 e. The van der Waals surface area contributed by atoms with E-state index in [1.807, 2.05) is 56.3 Å². The van der Waals surface area contributed by atoms with E-state index in [0.717, 1.165) is 28.5 Å². The van der Waals surface area contributed by atoms with Crippen molar-refractivity contribution in [1.29, 1.82) is 0 Å². The van der Waals surface area contributed by atoms with E-state index in [0.29, 0.717) is 13.0 Å². The van der Waals surface area contributed by atoms with Crippen LogP contribution in [0, 0.1) is 17.6 Å². The Morgan fingerprint density at radius 1 is 1.10 bits per heavy atom. The second-order valence-electron chi connectivity index (χ2n) is 10.4. The predicted molar refractivity (Wildman–Crippen MR) is 151 cm³/mol. The Morgan fingerprint density at radius 3 is 2.52 bits per heavy atom. The average Bonchev–Trinajstić information content (AvgIpc) is 2.95. The quantitative estimate of drug-likeness (QED) is 0.379. The fourth-order valence-corrected chi connectivity index (χ4v) is 5.91. The number of piperazine rings is 1. The Kier molecular flexibility index (Phi) is 8.07. The highest BCUT2D eigenvalue weighted by atomic mass is 79.9. The molecular weight excluding hydrogens is 582 g/mol. The number of hydrogen-bond donors (Lipinski definition) is 1. The van der Waals surface area contributed by atoms with Gasteiger partial charge in [-0.3, -0.25) is 9.59 Å². The lowest BCUT2D eigenvalue weighted by atomic mass is 9.91. The Bertz CT molecular complexity index is 1440. The molecule has 2 aliphatic heterocycles. The minimum Gasteiger partial charge on any atom is -0.334 e. The Hall–Kier alpha value is -3.53. The van der Waals surface area contributed by atoms with Crippen molar-refractivity contribution in [2.24, 2.45) is 5.92 Å². The van der Waals surface area contributed by atoms with Crippen LogP contribution in [0.25, 0.3) is 10.8 Å². The van der Waals surface area contributed by atoms with Gasteiger partial charge in [-0.25, -0.2) is 13.6 Å². The number of urea groups is 1. The van der Waals surface area contributed by atoms with Crippen molar-refractivity contribution in [3.63, 3.8) is 0 Å². The Balaban J connectivity index is 1.42. The summed E-state index contributed by atoms with van der Waals surface area (Å²) in [6.07, 6.45) is 0.114. The molecule has 1 N–H and O–H groups in total. The number of carbonyl (C=O) groups excluding carboxylic acids is 3. The zero-order valence-corrected chi connectivity index (χ0v) is 24.0. The standard InChI is InChI=1S/C30H31BrF2N4O3/c1-3-18(2)28-29(39)35(16-21-9-6-8-20-7-4-5-10-22(20)21)17-25-36(12-11-26(38)37(25)28)30(40)34-15-19-13-23(32)27(31)24(33)14-19/h4-10,13-14,18,25,28H,3,11-12,15-17H2,1-2H3,(H,34,40)/t18-,25+,28-/m0/s1. The van der Waals surface area contributed by atoms with Crippen LogP contribution in [-0.2, 0) is 22.7 Å². The van der Waals surface area contributed by atoms with Gasteiger partial charge in [0.25, 0.3) is 0 Å². The summed E-state index contributed by atoms with van der Waals surface area (Å²) in [5, 5.41) is 4.86. The molecule has 0 radical (unpaired) electrons. The van der Waals surface area contributed by atoms with Crippen LogP contribution in [0.4, 0.5) is 13.6 Å². The van der Waals surface area contributed by atoms with Gasteiger partial charge in [-0.1, -0.05) is 62.7 Å². The molecule has 0 spiro atoms. The van der Waals surface area contributed by atoms with Gasteiger partial charge in [0.05, 0.1) is 11.0 Å². The van der Waals surface area contributed by atoms with Gasteiger partial charge in [0.15, 0.2) is 0 Å². The molecule has 3 aromatic rings. The van der Waals surface area contributed by atoms with Gasteiger partial charge >= 0.3 is 6.03 Å². The first kappa shape index (κ1) is 28.0. The van der Waals surface area contributed by atoms with Crippen LogP contribution in [0.3, 0.4) is 0 Å². The van der Waals surface area contributed by atoms with Crippen molar-refractivity contribution in [3.05, 3.63) is 81.8 Å². The summed E-state index contributed by atoms with van der Waals surface area (Å²) in [7, 11) is 0. The minimum absolute atomic E-state index is 0.0923. The number of carbonyl (C=O) groups is 3. The van der Waals surface area contributed by atoms with Gasteiger partial charge in [-0.2, -0.15) is 0 Å². The molecule has 2 saturated heterocycles. The summed E-state index contributed by atoms with van der Waals surface area (Å²) in [5.41, 5.74) is 1.26. The molecule has 3 atom stereocenters. The molecule has 0 bridgehead atoms. The summed E-state index contributed by atoms with van der Waals surface area (Å²) in [4.78, 5) is 45.4. The normalized spacial score (nSPS) is 20.1. The van der Waals surface area contributed by atoms with Crippen molar-refractivity contribution in [2.75, 3.05) is 13.1 Å². The first-order valence-electron chi connectivity index (χ1n) is 13.4. The molecule has 3 aromatic carbocycles. The molecular formula is C30H31BrF2N4O3. The number of halogens is 3. The second-order valence-corrected chi connectivity index (χ2v) is 11.2. The Morgan fingerprint density at radius 2 is 1.80 bits per heavy atom.